The minimum absolute atomic E-state index is 0.276. The van der Waals surface area contributed by atoms with E-state index in [2.05, 4.69) is 36.3 Å². The van der Waals surface area contributed by atoms with Crippen molar-refractivity contribution >= 4 is 58.7 Å². The number of pyridine rings is 1. The molecule has 5 heterocycles. The molecule has 4 aliphatic heterocycles. The molecule has 4 saturated heterocycles. The Morgan fingerprint density at radius 3 is 1.59 bits per heavy atom. The van der Waals surface area contributed by atoms with E-state index in [1.807, 2.05) is 36.5 Å². The first-order chi connectivity index (χ1) is 34.9. The fourth-order valence-electron chi connectivity index (χ4n) is 14.6. The molecule has 0 radical (unpaired) electrons. The van der Waals surface area contributed by atoms with Crippen molar-refractivity contribution in [2.24, 2.45) is 11.5 Å². The third kappa shape index (κ3) is 7.54. The monoisotopic (exact) mass is 997 g/mol. The van der Waals surface area contributed by atoms with Gasteiger partial charge in [0, 0.05) is 101 Å². The van der Waals surface area contributed by atoms with E-state index in [-0.39, 0.29) is 36.3 Å². The molecule has 6 amide bonds. The number of carbonyl (C=O) groups excluding carboxylic acids is 4. The van der Waals surface area contributed by atoms with Crippen LogP contribution in [-0.4, -0.2) is 124 Å². The van der Waals surface area contributed by atoms with Gasteiger partial charge in [0.1, 0.15) is 16.9 Å². The fourth-order valence-corrected chi connectivity index (χ4v) is 14.6. The molecule has 20 heteroatoms. The lowest BCUT2D eigenvalue weighted by Gasteiger charge is -2.59. The second-order valence-corrected chi connectivity index (χ2v) is 21.0. The number of nitrogens with two attached hydrogens (primary N) is 4. The van der Waals surface area contributed by atoms with Crippen LogP contribution in [0.15, 0.2) is 79.0 Å². The third-order valence-corrected chi connectivity index (χ3v) is 17.3. The van der Waals surface area contributed by atoms with Gasteiger partial charge < -0.3 is 47.7 Å². The van der Waals surface area contributed by atoms with Crippen LogP contribution in [0.3, 0.4) is 0 Å². The molecule has 384 valence electrons. The van der Waals surface area contributed by atoms with E-state index >= 15 is 9.59 Å². The van der Waals surface area contributed by atoms with Crippen molar-refractivity contribution in [1.82, 2.24) is 25.4 Å². The Kier molecular flexibility index (Phi) is 12.4. The number of nitrogens with one attached hydrogen (secondary N) is 2. The van der Waals surface area contributed by atoms with Crippen LogP contribution < -0.4 is 43.4 Å². The number of carbonyl (C=O) groups is 6. The van der Waals surface area contributed by atoms with Crippen LogP contribution in [0, 0.1) is 0 Å². The molecule has 4 fully saturated rings. The number of carboxylic acid groups (broad SMARTS) is 2. The maximum absolute atomic E-state index is 15.2. The third-order valence-electron chi connectivity index (χ3n) is 17.3. The van der Waals surface area contributed by atoms with Gasteiger partial charge in [-0.1, -0.05) is 50.2 Å². The molecule has 73 heavy (non-hydrogen) atoms. The van der Waals surface area contributed by atoms with Crippen molar-refractivity contribution < 1.29 is 43.7 Å². The van der Waals surface area contributed by atoms with Gasteiger partial charge in [-0.15, -0.1) is 0 Å². The number of imide groups is 2. The summed E-state index contributed by atoms with van der Waals surface area (Å²) in [6.07, 6.45) is 1.65. The number of aromatic nitrogens is 1. The summed E-state index contributed by atoms with van der Waals surface area (Å²) in [5, 5.41) is 24.8. The van der Waals surface area contributed by atoms with Gasteiger partial charge in [-0.2, -0.15) is 0 Å². The maximum atomic E-state index is 15.2. The van der Waals surface area contributed by atoms with Crippen molar-refractivity contribution in [3.05, 3.63) is 101 Å². The summed E-state index contributed by atoms with van der Waals surface area (Å²) in [7, 11) is 0. The van der Waals surface area contributed by atoms with Crippen LogP contribution in [0.4, 0.5) is 32.5 Å². The van der Waals surface area contributed by atoms with E-state index in [1.54, 1.807) is 50.2 Å². The molecular weight excluding hydrogens is 935 g/mol. The number of hydrogen-bond donors (Lipinski definition) is 8. The Hall–Kier alpha value is -7.29. The summed E-state index contributed by atoms with van der Waals surface area (Å²) in [6, 6.07) is 21.0. The number of nitrogens with zero attached hydrogens (tertiary/aromatic N) is 5. The zero-order chi connectivity index (χ0) is 51.8. The molecule has 4 aromatic rings. The van der Waals surface area contributed by atoms with E-state index in [9.17, 15) is 29.4 Å². The zero-order valence-corrected chi connectivity index (χ0v) is 41.0. The van der Waals surface area contributed by atoms with Gasteiger partial charge >= 0.3 is 12.2 Å². The number of anilines is 4. The summed E-state index contributed by atoms with van der Waals surface area (Å²) < 4.78 is 5.57. The first kappa shape index (κ1) is 49.3. The van der Waals surface area contributed by atoms with Gasteiger partial charge in [0.2, 0.25) is 11.8 Å². The zero-order valence-electron chi connectivity index (χ0n) is 41.0. The Labute approximate surface area is 422 Å². The van der Waals surface area contributed by atoms with Crippen LogP contribution in [0.1, 0.15) is 87.5 Å². The Balaban J connectivity index is 1.14. The number of amides is 6. The quantitative estimate of drug-likeness (QED) is 0.0886. The topological polar surface area (TPSA) is 306 Å². The van der Waals surface area contributed by atoms with Gasteiger partial charge in [0.25, 0.3) is 11.8 Å². The molecule has 4 bridgehead atoms. The van der Waals surface area contributed by atoms with Crippen LogP contribution in [0.2, 0.25) is 0 Å². The molecule has 3 aromatic carbocycles. The highest BCUT2D eigenvalue weighted by atomic mass is 16.5. The van der Waals surface area contributed by atoms with Crippen LogP contribution >= 0.6 is 0 Å². The van der Waals surface area contributed by atoms with Crippen molar-refractivity contribution in [2.45, 2.75) is 111 Å². The van der Waals surface area contributed by atoms with Crippen molar-refractivity contribution in [2.75, 3.05) is 60.7 Å². The van der Waals surface area contributed by atoms with Gasteiger partial charge in [-0.3, -0.25) is 39.6 Å². The first-order valence-electron chi connectivity index (χ1n) is 25.0. The molecular formula is C53H63N11O9. The lowest BCUT2D eigenvalue weighted by molar-refractivity contribution is -0.144. The van der Waals surface area contributed by atoms with E-state index < -0.39 is 69.8 Å². The summed E-state index contributed by atoms with van der Waals surface area (Å²) in [5.74, 6) is -2.21. The number of benzene rings is 3. The van der Waals surface area contributed by atoms with E-state index in [1.165, 1.54) is 0 Å². The lowest BCUT2D eigenvalue weighted by atomic mass is 9.55. The number of fused-ring (bicyclic) bond motifs is 6. The minimum Gasteiger partial charge on any atom is -0.465 e. The van der Waals surface area contributed by atoms with Crippen LogP contribution in [0.5, 0.6) is 0 Å². The molecule has 8 atom stereocenters. The molecule has 20 nitrogen and oxygen atoms in total. The number of hydrogen-bond acceptors (Lipinski definition) is 14. The van der Waals surface area contributed by atoms with Gasteiger partial charge in [0.05, 0.1) is 13.2 Å². The predicted octanol–water partition coefficient (Wildman–Crippen LogP) is 3.69. The highest BCUT2D eigenvalue weighted by Crippen LogP contribution is 2.60. The summed E-state index contributed by atoms with van der Waals surface area (Å²) in [4.78, 5) is 95.4. The average molecular weight is 998 g/mol. The van der Waals surface area contributed by atoms with E-state index in [0.717, 1.165) is 35.7 Å². The highest BCUT2D eigenvalue weighted by molar-refractivity contribution is 6.03. The molecule has 8 aliphatic rings. The van der Waals surface area contributed by atoms with Crippen LogP contribution in [0.25, 0.3) is 11.1 Å². The van der Waals surface area contributed by atoms with Crippen LogP contribution in [-0.2, 0) is 45.8 Å². The molecule has 12 N–H and O–H groups in total. The number of ether oxygens (including phenoxy) is 1. The Morgan fingerprint density at radius 1 is 0.644 bits per heavy atom. The van der Waals surface area contributed by atoms with Gasteiger partial charge in [0.15, 0.2) is 0 Å². The second kappa shape index (κ2) is 18.3. The SMILES string of the molecule is CC1(CC(N)=O)c2ccc(c(N)c2)[C@@]1(C(=O)NC(=O)O)N1CCCC1[C@H]1CC[C@H](C2CCCN2[C@]2(C(=O)NC(=O)O)c3ccc(cc3N)C2(C)CC(N)=O)N1c1cccc(-c2ccc(N3CCOCC3)nc2)c1. The van der Waals surface area contributed by atoms with Crippen molar-refractivity contribution in [3.63, 3.8) is 0 Å². The summed E-state index contributed by atoms with van der Waals surface area (Å²) in [5.41, 5.74) is 24.3. The molecule has 0 spiro atoms. The summed E-state index contributed by atoms with van der Waals surface area (Å²) in [6.45, 7) is 6.92. The molecule has 12 rings (SSSR count). The highest BCUT2D eigenvalue weighted by Gasteiger charge is 2.68. The molecule has 4 unspecified atom stereocenters. The minimum atomic E-state index is -1.80. The van der Waals surface area contributed by atoms with Gasteiger partial charge in [-0.25, -0.2) is 14.6 Å². The fraction of sp³-hybridized carbons (Fsp3) is 0.453. The average Bonchev–Trinajstić information content (AvgIpc) is 4.13. The maximum Gasteiger partial charge on any atom is 0.411 e. The number of likely N-dealkylation sites (tertiary alicyclic amines) is 2. The standard InChI is InChI=1S/C53H63N11O9/c1-50(27-43(56)65)32-11-13-35(37(54)25-32)52(50,46(67)59-48(69)70)62-18-4-8-39(62)41-15-16-42(64(41)34-7-3-6-30(24-34)31-10-17-45(58-29-31)61-20-22-73-23-21-61)40-9-5-19-63(40)53(47(68)60-49(71)72)36-14-12-33(26-38(36)55)51(53,2)28-44(57)66/h3,6-7,10-14,17,24-26,29,39-42H,4-5,8-9,15-16,18-23,27-28,54-55H2,1-2H3,(H2,56,65)(H2,57,66)(H,59,67)(H,60,68)(H,69,70)(H,71,72)/t39?,40?,41-,42-,50?,51?,52+,53+/m1/s1. The van der Waals surface area contributed by atoms with E-state index in [0.29, 0.717) is 87.1 Å². The molecule has 0 saturated carbocycles. The van der Waals surface area contributed by atoms with E-state index in [4.69, 9.17) is 32.7 Å². The first-order valence-corrected chi connectivity index (χ1v) is 25.0. The summed E-state index contributed by atoms with van der Waals surface area (Å²) >= 11 is 0. The Morgan fingerprint density at radius 2 is 1.15 bits per heavy atom. The smallest absolute Gasteiger partial charge is 0.411 e. The normalized spacial score (nSPS) is 29.6. The number of morpholine rings is 1. The second-order valence-electron chi connectivity index (χ2n) is 21.0. The number of primary amides is 2. The van der Waals surface area contributed by atoms with Crippen molar-refractivity contribution in [1.29, 1.82) is 0 Å². The van der Waals surface area contributed by atoms with Gasteiger partial charge in [-0.05, 0) is 105 Å². The largest absolute Gasteiger partial charge is 0.465 e. The lowest BCUT2D eigenvalue weighted by Crippen LogP contribution is -2.72. The van der Waals surface area contributed by atoms with Crippen molar-refractivity contribution in [3.8, 4) is 11.1 Å². The Bertz CT molecular complexity index is 2770. The molecule has 4 aliphatic carbocycles. The number of rotatable bonds is 13. The molecule has 1 aromatic heterocycles. The number of nitrogen functional groups attached to an aromatic ring is 2. The predicted molar refractivity (Wildman–Crippen MR) is 271 cm³/mol.